The van der Waals surface area contributed by atoms with Crippen LogP contribution in [-0.4, -0.2) is 0 Å². The summed E-state index contributed by atoms with van der Waals surface area (Å²) in [5.74, 6) is 2.67. The lowest BCUT2D eigenvalue weighted by atomic mass is 9.76. The van der Waals surface area contributed by atoms with E-state index in [0.717, 1.165) is 17.8 Å². The minimum absolute atomic E-state index is 0.811. The fraction of sp³-hybridized carbons (Fsp3) is 0.733. The van der Waals surface area contributed by atoms with E-state index in [1.165, 1.54) is 25.7 Å². The van der Waals surface area contributed by atoms with Crippen LogP contribution in [0, 0.1) is 17.8 Å². The van der Waals surface area contributed by atoms with Gasteiger partial charge in [-0.15, -0.1) is 19.7 Å². The Labute approximate surface area is 97.5 Å². The van der Waals surface area contributed by atoms with E-state index in [-0.39, 0.29) is 0 Å². The van der Waals surface area contributed by atoms with E-state index in [1.807, 2.05) is 0 Å². The molecule has 0 amide bonds. The SMILES string of the molecule is C=C.C=CC1CCC(C)C(C)C1.CCC. The van der Waals surface area contributed by atoms with E-state index in [1.54, 1.807) is 0 Å². The van der Waals surface area contributed by atoms with Crippen LogP contribution in [0.25, 0.3) is 0 Å². The van der Waals surface area contributed by atoms with Gasteiger partial charge in [0.05, 0.1) is 0 Å². The molecule has 0 bridgehead atoms. The first-order valence-electron chi connectivity index (χ1n) is 6.28. The monoisotopic (exact) mass is 210 g/mol. The Hall–Kier alpha value is -0.520. The van der Waals surface area contributed by atoms with Crippen LogP contribution in [0.5, 0.6) is 0 Å². The zero-order valence-corrected chi connectivity index (χ0v) is 11.3. The van der Waals surface area contributed by atoms with Gasteiger partial charge in [-0.25, -0.2) is 0 Å². The molecule has 0 nitrogen and oxygen atoms in total. The highest BCUT2D eigenvalue weighted by Crippen LogP contribution is 2.33. The van der Waals surface area contributed by atoms with Crippen LogP contribution in [0.1, 0.15) is 53.4 Å². The molecule has 0 aliphatic heterocycles. The van der Waals surface area contributed by atoms with Gasteiger partial charge in [0, 0.05) is 0 Å². The van der Waals surface area contributed by atoms with Gasteiger partial charge < -0.3 is 0 Å². The van der Waals surface area contributed by atoms with Crippen LogP contribution in [0.15, 0.2) is 25.8 Å². The number of hydrogen-bond acceptors (Lipinski definition) is 0. The second kappa shape index (κ2) is 11.6. The lowest BCUT2D eigenvalue weighted by Crippen LogP contribution is -2.19. The molecule has 15 heavy (non-hydrogen) atoms. The van der Waals surface area contributed by atoms with Crippen LogP contribution >= 0.6 is 0 Å². The van der Waals surface area contributed by atoms with Gasteiger partial charge in [-0.1, -0.05) is 40.2 Å². The molecular weight excluding hydrogens is 180 g/mol. The second-order valence-electron chi connectivity index (χ2n) is 4.47. The quantitative estimate of drug-likeness (QED) is 0.504. The predicted octanol–water partition coefficient (Wildman–Crippen LogP) is 5.46. The molecule has 0 saturated heterocycles. The molecule has 0 heteroatoms. The zero-order chi connectivity index (χ0) is 12.3. The van der Waals surface area contributed by atoms with Crippen LogP contribution < -0.4 is 0 Å². The largest absolute Gasteiger partial charge is 0.106 e. The molecule has 0 heterocycles. The summed E-state index contributed by atoms with van der Waals surface area (Å²) in [6, 6.07) is 0. The molecule has 0 N–H and O–H groups in total. The minimum atomic E-state index is 0.811. The maximum Gasteiger partial charge on any atom is -0.0233 e. The van der Waals surface area contributed by atoms with E-state index >= 15 is 0 Å². The van der Waals surface area contributed by atoms with Gasteiger partial charge in [0.2, 0.25) is 0 Å². The first-order chi connectivity index (χ1) is 7.15. The summed E-state index contributed by atoms with van der Waals surface area (Å²) >= 11 is 0. The summed E-state index contributed by atoms with van der Waals surface area (Å²) in [6.07, 6.45) is 7.51. The van der Waals surface area contributed by atoms with Crippen LogP contribution in [0.2, 0.25) is 0 Å². The molecule has 1 rings (SSSR count). The zero-order valence-electron chi connectivity index (χ0n) is 11.3. The molecular formula is C15H30. The van der Waals surface area contributed by atoms with E-state index in [9.17, 15) is 0 Å². The van der Waals surface area contributed by atoms with Gasteiger partial charge in [-0.3, -0.25) is 0 Å². The lowest BCUT2D eigenvalue weighted by Gasteiger charge is -2.30. The highest BCUT2D eigenvalue weighted by Gasteiger charge is 2.21. The molecule has 0 aromatic heterocycles. The lowest BCUT2D eigenvalue weighted by molar-refractivity contribution is 0.237. The summed E-state index contributed by atoms with van der Waals surface area (Å²) in [5.41, 5.74) is 0. The minimum Gasteiger partial charge on any atom is -0.106 e. The fourth-order valence-corrected chi connectivity index (χ4v) is 1.80. The van der Waals surface area contributed by atoms with Crippen molar-refractivity contribution in [2.24, 2.45) is 17.8 Å². The van der Waals surface area contributed by atoms with E-state index in [0.29, 0.717) is 0 Å². The Bertz CT molecular complexity index is 137. The topological polar surface area (TPSA) is 0 Å². The number of allylic oxidation sites excluding steroid dienone is 1. The Morgan fingerprint density at radius 3 is 1.87 bits per heavy atom. The average Bonchev–Trinajstić information content (AvgIpc) is 2.26. The summed E-state index contributed by atoms with van der Waals surface area (Å²) < 4.78 is 0. The fourth-order valence-electron chi connectivity index (χ4n) is 1.80. The van der Waals surface area contributed by atoms with Crippen LogP contribution in [0.4, 0.5) is 0 Å². The molecule has 0 aromatic carbocycles. The van der Waals surface area contributed by atoms with Crippen LogP contribution in [0.3, 0.4) is 0 Å². The van der Waals surface area contributed by atoms with Gasteiger partial charge in [-0.05, 0) is 37.0 Å². The first kappa shape index (κ1) is 16.9. The van der Waals surface area contributed by atoms with Crippen molar-refractivity contribution < 1.29 is 0 Å². The third kappa shape index (κ3) is 8.47. The van der Waals surface area contributed by atoms with Crippen molar-refractivity contribution in [2.45, 2.75) is 53.4 Å². The molecule has 1 fully saturated rings. The third-order valence-corrected chi connectivity index (χ3v) is 2.97. The Morgan fingerprint density at radius 2 is 1.53 bits per heavy atom. The average molecular weight is 210 g/mol. The van der Waals surface area contributed by atoms with Crippen molar-refractivity contribution in [3.8, 4) is 0 Å². The predicted molar refractivity (Wildman–Crippen MR) is 73.1 cm³/mol. The van der Waals surface area contributed by atoms with Crippen molar-refractivity contribution in [2.75, 3.05) is 0 Å². The van der Waals surface area contributed by atoms with E-state index in [4.69, 9.17) is 0 Å². The van der Waals surface area contributed by atoms with Crippen LogP contribution in [-0.2, 0) is 0 Å². The van der Waals surface area contributed by atoms with Crippen molar-refractivity contribution in [3.63, 3.8) is 0 Å². The van der Waals surface area contributed by atoms with Gasteiger partial charge in [-0.2, -0.15) is 0 Å². The molecule has 1 aliphatic carbocycles. The van der Waals surface area contributed by atoms with Crippen molar-refractivity contribution in [1.82, 2.24) is 0 Å². The summed E-state index contributed by atoms with van der Waals surface area (Å²) in [5, 5.41) is 0. The second-order valence-corrected chi connectivity index (χ2v) is 4.47. The number of hydrogen-bond donors (Lipinski definition) is 0. The molecule has 0 spiro atoms. The van der Waals surface area contributed by atoms with Crippen molar-refractivity contribution >= 4 is 0 Å². The Balaban J connectivity index is 0. The highest BCUT2D eigenvalue weighted by atomic mass is 14.3. The molecule has 90 valence electrons. The van der Waals surface area contributed by atoms with Gasteiger partial charge in [0.25, 0.3) is 0 Å². The van der Waals surface area contributed by atoms with Gasteiger partial charge in [0.15, 0.2) is 0 Å². The molecule has 0 radical (unpaired) electrons. The first-order valence-corrected chi connectivity index (χ1v) is 6.28. The molecule has 3 atom stereocenters. The van der Waals surface area contributed by atoms with Crippen molar-refractivity contribution in [1.29, 1.82) is 0 Å². The smallest absolute Gasteiger partial charge is 0.0233 e. The molecule has 1 saturated carbocycles. The maximum absolute atomic E-state index is 3.84. The van der Waals surface area contributed by atoms with Gasteiger partial charge in [0.1, 0.15) is 0 Å². The maximum atomic E-state index is 3.84. The molecule has 1 aliphatic rings. The normalized spacial score (nSPS) is 28.9. The summed E-state index contributed by atoms with van der Waals surface area (Å²) in [6.45, 7) is 18.8. The Morgan fingerprint density at radius 1 is 1.07 bits per heavy atom. The summed E-state index contributed by atoms with van der Waals surface area (Å²) in [4.78, 5) is 0. The van der Waals surface area contributed by atoms with E-state index in [2.05, 4.69) is 53.5 Å². The highest BCUT2D eigenvalue weighted by molar-refractivity contribution is 4.85. The molecule has 3 unspecified atom stereocenters. The third-order valence-electron chi connectivity index (χ3n) is 2.97. The summed E-state index contributed by atoms with van der Waals surface area (Å²) in [7, 11) is 0. The van der Waals surface area contributed by atoms with Gasteiger partial charge >= 0.3 is 0 Å². The Kier molecular flexibility index (Phi) is 13.0. The van der Waals surface area contributed by atoms with Crippen molar-refractivity contribution in [3.05, 3.63) is 25.8 Å². The molecule has 0 aromatic rings. The number of rotatable bonds is 1. The van der Waals surface area contributed by atoms with E-state index < -0.39 is 0 Å². The standard InChI is InChI=1S/C10H18.C3H8.C2H4/c1-4-10-6-5-8(2)9(3)7-10;1-3-2;1-2/h4,8-10H,1,5-7H2,2-3H3;3H2,1-2H3;1-2H2.